The van der Waals surface area contributed by atoms with Crippen LogP contribution in [-0.4, -0.2) is 33.4 Å². The van der Waals surface area contributed by atoms with Gasteiger partial charge in [-0.15, -0.1) is 0 Å². The normalized spacial score (nSPS) is 10.6. The molecular formula is C15H25ClN2O2. The predicted octanol–water partition coefficient (Wildman–Crippen LogP) is 2.84. The Balaban J connectivity index is 2.67. The molecule has 0 radical (unpaired) electrons. The van der Waals surface area contributed by atoms with Crippen molar-refractivity contribution in [2.45, 2.75) is 26.8 Å². The fraction of sp³-hybridized carbons (Fsp3) is 0.600. The van der Waals surface area contributed by atoms with Gasteiger partial charge in [0, 0.05) is 17.6 Å². The van der Waals surface area contributed by atoms with E-state index in [1.807, 2.05) is 33.0 Å². The smallest absolute Gasteiger partial charge is 0.162 e. The second-order valence-electron chi connectivity index (χ2n) is 4.39. The summed E-state index contributed by atoms with van der Waals surface area (Å²) in [7, 11) is 1.96. The van der Waals surface area contributed by atoms with E-state index in [4.69, 9.17) is 21.1 Å². The molecule has 0 amide bonds. The monoisotopic (exact) mass is 300 g/mol. The molecule has 0 heterocycles. The molecule has 20 heavy (non-hydrogen) atoms. The van der Waals surface area contributed by atoms with Gasteiger partial charge >= 0.3 is 0 Å². The third-order valence-corrected chi connectivity index (χ3v) is 3.16. The fourth-order valence-corrected chi connectivity index (χ4v) is 2.08. The van der Waals surface area contributed by atoms with E-state index in [2.05, 4.69) is 10.6 Å². The van der Waals surface area contributed by atoms with Crippen LogP contribution < -0.4 is 20.1 Å². The Morgan fingerprint density at radius 3 is 2.30 bits per heavy atom. The Kier molecular flexibility index (Phi) is 8.42. The number of rotatable bonds is 10. The minimum atomic E-state index is 0.595. The van der Waals surface area contributed by atoms with Gasteiger partial charge in [-0.1, -0.05) is 11.6 Å². The quantitative estimate of drug-likeness (QED) is 0.652. The van der Waals surface area contributed by atoms with Crippen molar-refractivity contribution in [2.75, 3.05) is 33.4 Å². The molecule has 0 aliphatic rings. The molecule has 0 atom stereocenters. The van der Waals surface area contributed by atoms with Crippen LogP contribution in [0.4, 0.5) is 0 Å². The molecule has 0 bridgehead atoms. The highest BCUT2D eigenvalue weighted by atomic mass is 35.5. The summed E-state index contributed by atoms with van der Waals surface area (Å²) < 4.78 is 11.2. The largest absolute Gasteiger partial charge is 0.490 e. The number of hydrogen-bond donors (Lipinski definition) is 2. The summed E-state index contributed by atoms with van der Waals surface area (Å²) in [6, 6.07) is 3.79. The standard InChI is InChI=1S/C15H25ClN2O2/c1-4-19-14-9-12(11-18-8-6-7-17-3)13(16)10-15(14)20-5-2/h9-10,17-18H,4-8,11H2,1-3H3. The highest BCUT2D eigenvalue weighted by Crippen LogP contribution is 2.33. The summed E-state index contributed by atoms with van der Waals surface area (Å²) >= 11 is 6.29. The van der Waals surface area contributed by atoms with E-state index >= 15 is 0 Å². The predicted molar refractivity (Wildman–Crippen MR) is 84.0 cm³/mol. The zero-order chi connectivity index (χ0) is 14.8. The van der Waals surface area contributed by atoms with Crippen LogP contribution in [-0.2, 0) is 6.54 Å². The van der Waals surface area contributed by atoms with Gasteiger partial charge < -0.3 is 20.1 Å². The Morgan fingerprint density at radius 2 is 1.70 bits per heavy atom. The average Bonchev–Trinajstić information content (AvgIpc) is 2.43. The van der Waals surface area contributed by atoms with Gasteiger partial charge in [0.1, 0.15) is 0 Å². The first kappa shape index (κ1) is 17.1. The van der Waals surface area contributed by atoms with E-state index in [1.165, 1.54) is 0 Å². The second-order valence-corrected chi connectivity index (χ2v) is 4.80. The van der Waals surface area contributed by atoms with Crippen molar-refractivity contribution in [1.82, 2.24) is 10.6 Å². The molecule has 1 aromatic rings. The van der Waals surface area contributed by atoms with E-state index in [-0.39, 0.29) is 0 Å². The van der Waals surface area contributed by atoms with Crippen LogP contribution in [0.2, 0.25) is 5.02 Å². The molecule has 1 aromatic carbocycles. The molecule has 114 valence electrons. The van der Waals surface area contributed by atoms with Crippen molar-refractivity contribution in [3.63, 3.8) is 0 Å². The molecular weight excluding hydrogens is 276 g/mol. The van der Waals surface area contributed by atoms with Gasteiger partial charge in [-0.25, -0.2) is 0 Å². The van der Waals surface area contributed by atoms with Crippen LogP contribution in [0.5, 0.6) is 11.5 Å². The van der Waals surface area contributed by atoms with Gasteiger partial charge in [-0.2, -0.15) is 0 Å². The Morgan fingerprint density at radius 1 is 1.05 bits per heavy atom. The van der Waals surface area contributed by atoms with Gasteiger partial charge in [0.25, 0.3) is 0 Å². The molecule has 4 nitrogen and oxygen atoms in total. The summed E-state index contributed by atoms with van der Waals surface area (Å²) in [4.78, 5) is 0. The first-order valence-electron chi connectivity index (χ1n) is 7.16. The van der Waals surface area contributed by atoms with Gasteiger partial charge in [0.2, 0.25) is 0 Å². The summed E-state index contributed by atoms with van der Waals surface area (Å²) in [6.45, 7) is 7.80. The molecule has 0 saturated heterocycles. The molecule has 0 aliphatic heterocycles. The molecule has 0 spiro atoms. The van der Waals surface area contributed by atoms with E-state index in [9.17, 15) is 0 Å². The lowest BCUT2D eigenvalue weighted by molar-refractivity contribution is 0.287. The molecule has 0 aromatic heterocycles. The van der Waals surface area contributed by atoms with E-state index in [0.29, 0.717) is 24.0 Å². The zero-order valence-electron chi connectivity index (χ0n) is 12.6. The maximum atomic E-state index is 6.29. The van der Waals surface area contributed by atoms with Gasteiger partial charge in [-0.05, 0) is 52.0 Å². The number of nitrogens with one attached hydrogen (secondary N) is 2. The average molecular weight is 301 g/mol. The maximum absolute atomic E-state index is 6.29. The molecule has 5 heteroatoms. The summed E-state index contributed by atoms with van der Waals surface area (Å²) in [5.74, 6) is 1.46. The molecule has 0 fully saturated rings. The highest BCUT2D eigenvalue weighted by molar-refractivity contribution is 6.31. The molecule has 0 aliphatic carbocycles. The topological polar surface area (TPSA) is 42.5 Å². The number of hydrogen-bond acceptors (Lipinski definition) is 4. The van der Waals surface area contributed by atoms with Crippen LogP contribution >= 0.6 is 11.6 Å². The Hall–Kier alpha value is -0.970. The van der Waals surface area contributed by atoms with E-state index in [1.54, 1.807) is 0 Å². The van der Waals surface area contributed by atoms with Crippen LogP contribution in [0.15, 0.2) is 12.1 Å². The minimum Gasteiger partial charge on any atom is -0.490 e. The molecule has 0 saturated carbocycles. The van der Waals surface area contributed by atoms with Crippen LogP contribution in [0.25, 0.3) is 0 Å². The number of benzene rings is 1. The summed E-state index contributed by atoms with van der Waals surface area (Å²) in [5, 5.41) is 7.21. The van der Waals surface area contributed by atoms with Crippen LogP contribution in [0.3, 0.4) is 0 Å². The van der Waals surface area contributed by atoms with E-state index in [0.717, 1.165) is 37.4 Å². The van der Waals surface area contributed by atoms with E-state index < -0.39 is 0 Å². The van der Waals surface area contributed by atoms with Crippen LogP contribution in [0, 0.1) is 0 Å². The molecule has 0 unspecified atom stereocenters. The lowest BCUT2D eigenvalue weighted by Gasteiger charge is -2.14. The minimum absolute atomic E-state index is 0.595. The van der Waals surface area contributed by atoms with Gasteiger partial charge in [0.05, 0.1) is 13.2 Å². The van der Waals surface area contributed by atoms with Crippen molar-refractivity contribution < 1.29 is 9.47 Å². The number of ether oxygens (including phenoxy) is 2. The molecule has 2 N–H and O–H groups in total. The molecule has 1 rings (SSSR count). The SMILES string of the molecule is CCOc1cc(Cl)c(CNCCCNC)cc1OCC. The summed E-state index contributed by atoms with van der Waals surface area (Å²) in [6.07, 6.45) is 1.09. The van der Waals surface area contributed by atoms with Crippen LogP contribution in [0.1, 0.15) is 25.8 Å². The van der Waals surface area contributed by atoms with Crippen molar-refractivity contribution >= 4 is 11.6 Å². The highest BCUT2D eigenvalue weighted by Gasteiger charge is 2.10. The Bertz CT molecular complexity index is 400. The van der Waals surface area contributed by atoms with Crippen molar-refractivity contribution in [3.8, 4) is 11.5 Å². The fourth-order valence-electron chi connectivity index (χ4n) is 1.86. The lowest BCUT2D eigenvalue weighted by Crippen LogP contribution is -2.19. The summed E-state index contributed by atoms with van der Waals surface area (Å²) in [5.41, 5.74) is 1.03. The zero-order valence-corrected chi connectivity index (χ0v) is 13.3. The Labute approximate surface area is 126 Å². The number of halogens is 1. The van der Waals surface area contributed by atoms with Crippen molar-refractivity contribution in [1.29, 1.82) is 0 Å². The van der Waals surface area contributed by atoms with Crippen molar-refractivity contribution in [3.05, 3.63) is 22.7 Å². The third-order valence-electron chi connectivity index (χ3n) is 2.81. The first-order valence-corrected chi connectivity index (χ1v) is 7.54. The maximum Gasteiger partial charge on any atom is 0.162 e. The van der Waals surface area contributed by atoms with Gasteiger partial charge in [-0.3, -0.25) is 0 Å². The second kappa shape index (κ2) is 9.86. The first-order chi connectivity index (χ1) is 9.72. The lowest BCUT2D eigenvalue weighted by atomic mass is 10.2. The van der Waals surface area contributed by atoms with Gasteiger partial charge in [0.15, 0.2) is 11.5 Å². The third kappa shape index (κ3) is 5.57. The van der Waals surface area contributed by atoms with Crippen molar-refractivity contribution in [2.24, 2.45) is 0 Å².